The van der Waals surface area contributed by atoms with Crippen LogP contribution in [0.25, 0.3) is 5.69 Å². The summed E-state index contributed by atoms with van der Waals surface area (Å²) in [5.74, 6) is -2.35. The Morgan fingerprint density at radius 3 is 2.48 bits per heavy atom. The smallest absolute Gasteiger partial charge is 0.348 e. The van der Waals surface area contributed by atoms with E-state index in [4.69, 9.17) is 15.9 Å². The molecule has 0 bridgehead atoms. The number of aryl methyl sites for hydroxylation is 1. The number of H-pyrrole nitrogens is 1. The number of nitrogens with one attached hydrogen (secondary N) is 2. The highest BCUT2D eigenvalue weighted by Crippen LogP contribution is 2.34. The van der Waals surface area contributed by atoms with E-state index in [0.29, 0.717) is 18.5 Å². The van der Waals surface area contributed by atoms with Gasteiger partial charge in [-0.3, -0.25) is 10.4 Å². The number of nitrogens with zero attached hydrogens (tertiary/aromatic N) is 3. The first-order valence-electron chi connectivity index (χ1n) is 13.6. The van der Waals surface area contributed by atoms with Crippen LogP contribution in [-0.2, 0) is 12.8 Å². The van der Waals surface area contributed by atoms with Gasteiger partial charge in [0.1, 0.15) is 17.8 Å². The van der Waals surface area contributed by atoms with Gasteiger partial charge in [-0.25, -0.2) is 14.0 Å². The molecular weight excluding hydrogens is 539 g/mol. The molecule has 2 unspecified atom stereocenters. The average molecular weight is 575 g/mol. The van der Waals surface area contributed by atoms with Crippen molar-refractivity contribution in [2.24, 2.45) is 5.73 Å². The van der Waals surface area contributed by atoms with Gasteiger partial charge in [0.15, 0.2) is 11.6 Å². The summed E-state index contributed by atoms with van der Waals surface area (Å²) in [6.45, 7) is 4.40. The number of para-hydroxylation sites is 1. The third-order valence-corrected chi connectivity index (χ3v) is 6.89. The molecule has 1 heterocycles. The Bertz CT molecular complexity index is 1640. The first-order chi connectivity index (χ1) is 20.0. The number of carboxylic acids is 1. The molecule has 4 rings (SSSR count). The lowest BCUT2D eigenvalue weighted by molar-refractivity contribution is 0.0696. The van der Waals surface area contributed by atoms with Gasteiger partial charge in [0.2, 0.25) is 0 Å². The molecule has 1 aromatic heterocycles. The first kappa shape index (κ1) is 30.2. The molecule has 0 saturated heterocycles. The molecule has 0 spiro atoms. The summed E-state index contributed by atoms with van der Waals surface area (Å²) in [7, 11) is 3.82. The predicted octanol–water partition coefficient (Wildman–Crippen LogP) is 3.95. The normalized spacial score (nSPS) is 12.7. The van der Waals surface area contributed by atoms with E-state index < -0.39 is 23.4 Å². The van der Waals surface area contributed by atoms with Crippen LogP contribution in [0.4, 0.5) is 4.39 Å². The Balaban J connectivity index is 1.87. The molecule has 10 nitrogen and oxygen atoms in total. The molecule has 42 heavy (non-hydrogen) atoms. The maximum atomic E-state index is 16.3. The zero-order valence-electron chi connectivity index (χ0n) is 24.0. The van der Waals surface area contributed by atoms with E-state index in [1.54, 1.807) is 48.5 Å². The van der Waals surface area contributed by atoms with E-state index in [1.165, 1.54) is 12.1 Å². The Hall–Kier alpha value is -4.77. The van der Waals surface area contributed by atoms with Crippen molar-refractivity contribution in [3.8, 4) is 11.4 Å². The van der Waals surface area contributed by atoms with Crippen LogP contribution in [0.15, 0.2) is 65.5 Å². The topological polar surface area (TPSA) is 150 Å². The lowest BCUT2D eigenvalue weighted by atomic mass is 9.89. The maximum Gasteiger partial charge on any atom is 0.348 e. The van der Waals surface area contributed by atoms with Crippen molar-refractivity contribution >= 4 is 11.8 Å². The fourth-order valence-corrected chi connectivity index (χ4v) is 4.90. The molecule has 4 aromatic rings. The number of likely N-dealkylation sites (N-methyl/N-ethyl adjacent to an activating group) is 1. The summed E-state index contributed by atoms with van der Waals surface area (Å²) >= 11 is 0. The lowest BCUT2D eigenvalue weighted by Crippen LogP contribution is -2.28. The Labute approximate surface area is 243 Å². The van der Waals surface area contributed by atoms with E-state index in [9.17, 15) is 14.7 Å². The quantitative estimate of drug-likeness (QED) is 0.148. The largest absolute Gasteiger partial charge is 0.486 e. The summed E-state index contributed by atoms with van der Waals surface area (Å²) < 4.78 is 23.3. The summed E-state index contributed by atoms with van der Waals surface area (Å²) in [4.78, 5) is 29.7. The standard InChI is InChI=1S/C31H35FN6O4/c1-5-19-14-23(27(32)26(16-19)42-18(2)17-37(3)4)24(15-20-10-12-21(13-11-20)28(33)34)29-35-31(41)38(36-29)25-9-7-6-8-22(25)30(39)40/h6-14,16,18,24H,5,15,17H2,1-4H3,(H3,33,34)(H,39,40)(H,35,36,41). The number of carbonyl (C=O) groups is 1. The van der Waals surface area contributed by atoms with Crippen LogP contribution in [0.1, 0.15) is 58.2 Å². The second kappa shape index (κ2) is 12.8. The van der Waals surface area contributed by atoms with Crippen molar-refractivity contribution in [3.05, 3.63) is 111 Å². The highest BCUT2D eigenvalue weighted by Gasteiger charge is 2.27. The monoisotopic (exact) mass is 574 g/mol. The Morgan fingerprint density at radius 1 is 1.17 bits per heavy atom. The zero-order chi connectivity index (χ0) is 30.6. The molecule has 5 N–H and O–H groups in total. The summed E-state index contributed by atoms with van der Waals surface area (Å²) in [6.07, 6.45) is 0.559. The number of nitrogens with two attached hydrogens (primary N) is 1. The van der Waals surface area contributed by atoms with Gasteiger partial charge in [-0.05, 0) is 63.2 Å². The number of aromatic carboxylic acids is 1. The molecular formula is C31H35FN6O4. The van der Waals surface area contributed by atoms with Crippen LogP contribution in [0.2, 0.25) is 0 Å². The van der Waals surface area contributed by atoms with Gasteiger partial charge in [0.05, 0.1) is 17.2 Å². The van der Waals surface area contributed by atoms with Crippen molar-refractivity contribution in [2.75, 3.05) is 20.6 Å². The van der Waals surface area contributed by atoms with Gasteiger partial charge in [0.25, 0.3) is 0 Å². The van der Waals surface area contributed by atoms with E-state index in [0.717, 1.165) is 15.8 Å². The second-order valence-corrected chi connectivity index (χ2v) is 10.5. The SMILES string of the molecule is CCc1cc(OC(C)CN(C)C)c(F)c(C(Cc2ccc(C(=N)N)cc2)c2nn(-c3ccccc3C(=O)O)c(=O)[nH]2)c1. The van der Waals surface area contributed by atoms with Crippen LogP contribution >= 0.6 is 0 Å². The summed E-state index contributed by atoms with van der Waals surface area (Å²) in [6, 6.07) is 16.5. The van der Waals surface area contributed by atoms with E-state index >= 15 is 4.39 Å². The van der Waals surface area contributed by atoms with Crippen LogP contribution in [-0.4, -0.2) is 63.3 Å². The van der Waals surface area contributed by atoms with Gasteiger partial charge in [-0.15, -0.1) is 5.10 Å². The number of benzene rings is 3. The number of aromatic amines is 1. The van der Waals surface area contributed by atoms with Crippen molar-refractivity contribution in [1.82, 2.24) is 19.7 Å². The number of hydrogen-bond donors (Lipinski definition) is 4. The van der Waals surface area contributed by atoms with Crippen molar-refractivity contribution in [3.63, 3.8) is 0 Å². The fraction of sp³-hybridized carbons (Fsp3) is 0.290. The van der Waals surface area contributed by atoms with Crippen LogP contribution in [0, 0.1) is 11.2 Å². The van der Waals surface area contributed by atoms with Gasteiger partial charge in [0, 0.05) is 17.7 Å². The maximum absolute atomic E-state index is 16.3. The predicted molar refractivity (Wildman–Crippen MR) is 159 cm³/mol. The first-order valence-corrected chi connectivity index (χ1v) is 13.6. The number of ether oxygens (including phenoxy) is 1. The molecule has 0 fully saturated rings. The third kappa shape index (κ3) is 6.74. The molecule has 11 heteroatoms. The van der Waals surface area contributed by atoms with Gasteiger partial charge >= 0.3 is 11.7 Å². The second-order valence-electron chi connectivity index (χ2n) is 10.5. The molecule has 0 saturated carbocycles. The van der Waals surface area contributed by atoms with Crippen molar-refractivity contribution in [1.29, 1.82) is 5.41 Å². The fourth-order valence-electron chi connectivity index (χ4n) is 4.90. The highest BCUT2D eigenvalue weighted by molar-refractivity contribution is 5.94. The molecule has 220 valence electrons. The minimum atomic E-state index is -1.21. The summed E-state index contributed by atoms with van der Waals surface area (Å²) in [5, 5.41) is 21.8. The average Bonchev–Trinajstić information content (AvgIpc) is 3.33. The minimum absolute atomic E-state index is 0.0754. The van der Waals surface area contributed by atoms with Crippen LogP contribution in [0.5, 0.6) is 5.75 Å². The van der Waals surface area contributed by atoms with Gasteiger partial charge in [-0.1, -0.05) is 49.4 Å². The molecule has 0 aliphatic rings. The number of carboxylic acid groups (broad SMARTS) is 1. The Kier molecular flexibility index (Phi) is 9.21. The minimum Gasteiger partial charge on any atom is -0.486 e. The number of rotatable bonds is 12. The van der Waals surface area contributed by atoms with Crippen LogP contribution < -0.4 is 16.2 Å². The molecule has 2 atom stereocenters. The number of aromatic nitrogens is 3. The van der Waals surface area contributed by atoms with Crippen molar-refractivity contribution < 1.29 is 19.0 Å². The van der Waals surface area contributed by atoms with Gasteiger partial charge < -0.3 is 20.5 Å². The number of hydrogen-bond acceptors (Lipinski definition) is 6. The molecule has 0 radical (unpaired) electrons. The molecule has 0 amide bonds. The van der Waals surface area contributed by atoms with E-state index in [2.05, 4.69) is 10.1 Å². The number of halogens is 1. The van der Waals surface area contributed by atoms with Crippen LogP contribution in [0.3, 0.4) is 0 Å². The van der Waals surface area contributed by atoms with E-state index in [1.807, 2.05) is 32.8 Å². The Morgan fingerprint density at radius 2 is 1.86 bits per heavy atom. The zero-order valence-corrected chi connectivity index (χ0v) is 24.0. The number of amidine groups is 1. The van der Waals surface area contributed by atoms with E-state index in [-0.39, 0.29) is 46.7 Å². The highest BCUT2D eigenvalue weighted by atomic mass is 19.1. The molecule has 3 aromatic carbocycles. The molecule has 0 aliphatic carbocycles. The number of nitrogen functional groups attached to an aromatic ring is 1. The lowest BCUT2D eigenvalue weighted by Gasteiger charge is -2.22. The van der Waals surface area contributed by atoms with Gasteiger partial charge in [-0.2, -0.15) is 4.68 Å². The third-order valence-electron chi connectivity index (χ3n) is 6.89. The van der Waals surface area contributed by atoms with Crippen molar-refractivity contribution in [2.45, 2.75) is 38.7 Å². The summed E-state index contributed by atoms with van der Waals surface area (Å²) in [5.41, 5.74) is 7.41. The molecule has 0 aliphatic heterocycles.